The minimum atomic E-state index is -0.972. The average molecular weight is 377 g/mol. The van der Waals surface area contributed by atoms with Crippen molar-refractivity contribution in [3.63, 3.8) is 0 Å². The van der Waals surface area contributed by atoms with Crippen LogP contribution in [0.25, 0.3) is 0 Å². The van der Waals surface area contributed by atoms with E-state index >= 15 is 0 Å². The highest BCUT2D eigenvalue weighted by Gasteiger charge is 2.49. The lowest BCUT2D eigenvalue weighted by molar-refractivity contribution is -0.137. The molecule has 2 amide bonds. The van der Waals surface area contributed by atoms with Gasteiger partial charge in [0.1, 0.15) is 0 Å². The molecular weight excluding hydrogens is 344 g/mol. The van der Waals surface area contributed by atoms with Gasteiger partial charge >= 0.3 is 5.97 Å². The van der Waals surface area contributed by atoms with Crippen molar-refractivity contribution in [3.8, 4) is 0 Å². The molecule has 2 atom stereocenters. The van der Waals surface area contributed by atoms with E-state index in [0.717, 1.165) is 0 Å². The van der Waals surface area contributed by atoms with Gasteiger partial charge < -0.3 is 20.8 Å². The first-order chi connectivity index (χ1) is 11.4. The molecule has 0 fully saturated rings. The van der Waals surface area contributed by atoms with Crippen molar-refractivity contribution >= 4 is 29.5 Å². The van der Waals surface area contributed by atoms with E-state index in [2.05, 4.69) is 10.6 Å². The predicted molar refractivity (Wildman–Crippen MR) is 99.4 cm³/mol. The fourth-order valence-electron chi connectivity index (χ4n) is 2.43. The Labute approximate surface area is 154 Å². The molecule has 0 radical (unpaired) electrons. The molecule has 25 heavy (non-hydrogen) atoms. The monoisotopic (exact) mass is 376 g/mol. The summed E-state index contributed by atoms with van der Waals surface area (Å²) in [6.07, 6.45) is -0.0565. The summed E-state index contributed by atoms with van der Waals surface area (Å²) in [5, 5.41) is 23.3. The third-order valence-electron chi connectivity index (χ3n) is 4.48. The van der Waals surface area contributed by atoms with E-state index in [9.17, 15) is 14.4 Å². The molecule has 7 nitrogen and oxygen atoms in total. The Kier molecular flexibility index (Phi) is 9.50. The number of aliphatic hydroxyl groups excluding tert-OH is 1. The summed E-state index contributed by atoms with van der Waals surface area (Å²) in [5.41, 5.74) is -0.880. The molecule has 0 aromatic heterocycles. The Bertz CT molecular complexity index is 482. The summed E-state index contributed by atoms with van der Waals surface area (Å²) >= 11 is 1.26. The van der Waals surface area contributed by atoms with Gasteiger partial charge in [-0.15, -0.1) is 11.8 Å². The average Bonchev–Trinajstić information content (AvgIpc) is 2.50. The van der Waals surface area contributed by atoms with Crippen molar-refractivity contribution in [3.05, 3.63) is 0 Å². The lowest BCUT2D eigenvalue weighted by atomic mass is 9.71. The number of carbonyl (C=O) groups is 3. The van der Waals surface area contributed by atoms with Crippen LogP contribution in [0.15, 0.2) is 0 Å². The van der Waals surface area contributed by atoms with E-state index in [4.69, 9.17) is 10.2 Å². The van der Waals surface area contributed by atoms with E-state index in [0.29, 0.717) is 0 Å². The van der Waals surface area contributed by atoms with Crippen molar-refractivity contribution in [2.24, 2.45) is 11.3 Å². The van der Waals surface area contributed by atoms with Crippen LogP contribution in [-0.2, 0) is 14.4 Å². The van der Waals surface area contributed by atoms with Gasteiger partial charge in [-0.1, -0.05) is 20.8 Å². The highest BCUT2D eigenvalue weighted by Crippen LogP contribution is 2.43. The molecule has 0 heterocycles. The van der Waals surface area contributed by atoms with E-state index in [1.54, 1.807) is 20.8 Å². The number of carboxylic acid groups (broad SMARTS) is 1. The van der Waals surface area contributed by atoms with Gasteiger partial charge in [0.05, 0.1) is 17.8 Å². The third-order valence-corrected chi connectivity index (χ3v) is 6.03. The number of amides is 2. The first-order valence-electron chi connectivity index (χ1n) is 8.45. The van der Waals surface area contributed by atoms with Gasteiger partial charge in [0, 0.05) is 23.8 Å². The van der Waals surface area contributed by atoms with Crippen molar-refractivity contribution in [1.29, 1.82) is 0 Å². The molecule has 0 saturated heterocycles. The first-order valence-corrected chi connectivity index (χ1v) is 9.44. The molecule has 0 bridgehead atoms. The van der Waals surface area contributed by atoms with Gasteiger partial charge in [-0.05, 0) is 26.7 Å². The van der Waals surface area contributed by atoms with Crippen LogP contribution in [0.2, 0.25) is 0 Å². The highest BCUT2D eigenvalue weighted by atomic mass is 32.2. The number of rotatable bonds is 11. The van der Waals surface area contributed by atoms with Crippen molar-refractivity contribution in [2.45, 2.75) is 58.8 Å². The molecule has 0 aromatic carbocycles. The number of thioether (sulfide) groups is 1. The van der Waals surface area contributed by atoms with Gasteiger partial charge in [-0.25, -0.2) is 0 Å². The van der Waals surface area contributed by atoms with Crippen LogP contribution >= 0.6 is 11.8 Å². The van der Waals surface area contributed by atoms with Crippen molar-refractivity contribution < 1.29 is 24.6 Å². The SMILES string of the molecule is CC(C)NC(=O)C(C)(SCCC(=O)O)C(C)C(C)(C)C(=O)NCCO. The maximum atomic E-state index is 12.8. The molecule has 0 aromatic rings. The molecule has 0 spiro atoms. The second-order valence-electron chi connectivity index (χ2n) is 7.15. The summed E-state index contributed by atoms with van der Waals surface area (Å²) < 4.78 is -0.972. The molecule has 0 aliphatic heterocycles. The molecule has 8 heteroatoms. The van der Waals surface area contributed by atoms with Crippen LogP contribution in [-0.4, -0.2) is 57.7 Å². The van der Waals surface area contributed by atoms with Crippen molar-refractivity contribution in [1.82, 2.24) is 10.6 Å². The number of hydrogen-bond acceptors (Lipinski definition) is 5. The van der Waals surface area contributed by atoms with Crippen LogP contribution < -0.4 is 10.6 Å². The van der Waals surface area contributed by atoms with Gasteiger partial charge in [0.25, 0.3) is 0 Å². The van der Waals surface area contributed by atoms with Gasteiger partial charge in [-0.2, -0.15) is 0 Å². The first kappa shape index (κ1) is 23.7. The maximum absolute atomic E-state index is 12.8. The molecule has 0 saturated carbocycles. The molecule has 0 aliphatic rings. The standard InChI is InChI=1S/C17H32N2O5S/c1-11(2)19-15(24)17(6,25-10-7-13(21)22)12(3)16(4,5)14(23)18-8-9-20/h11-12,20H,7-10H2,1-6H3,(H,18,23)(H,19,24)(H,21,22). The van der Waals surface area contributed by atoms with Crippen LogP contribution in [0.1, 0.15) is 48.0 Å². The Morgan fingerprint density at radius 2 is 1.64 bits per heavy atom. The van der Waals surface area contributed by atoms with Gasteiger partial charge in [-0.3, -0.25) is 14.4 Å². The normalized spacial score (nSPS) is 15.4. The van der Waals surface area contributed by atoms with E-state index in [-0.39, 0.29) is 49.1 Å². The number of nitrogens with one attached hydrogen (secondary N) is 2. The Morgan fingerprint density at radius 3 is 2.08 bits per heavy atom. The zero-order chi connectivity index (χ0) is 19.8. The van der Waals surface area contributed by atoms with Crippen LogP contribution in [0.4, 0.5) is 0 Å². The zero-order valence-corrected chi connectivity index (χ0v) is 16.8. The Morgan fingerprint density at radius 1 is 1.08 bits per heavy atom. The maximum Gasteiger partial charge on any atom is 0.304 e. The summed E-state index contributed by atoms with van der Waals surface area (Å²) in [6, 6.07) is -0.0644. The molecule has 0 rings (SSSR count). The summed E-state index contributed by atoms with van der Waals surface area (Å²) in [7, 11) is 0. The second kappa shape index (κ2) is 10.0. The topological polar surface area (TPSA) is 116 Å². The molecule has 2 unspecified atom stereocenters. The zero-order valence-electron chi connectivity index (χ0n) is 16.0. The number of aliphatic hydroxyl groups is 1. The van der Waals surface area contributed by atoms with Crippen LogP contribution in [0, 0.1) is 11.3 Å². The molecular formula is C17H32N2O5S. The minimum absolute atomic E-state index is 0.0565. The minimum Gasteiger partial charge on any atom is -0.481 e. The number of carboxylic acids is 1. The van der Waals surface area contributed by atoms with Crippen molar-refractivity contribution in [2.75, 3.05) is 18.9 Å². The predicted octanol–water partition coefficient (Wildman–Crippen LogP) is 1.25. The second-order valence-corrected chi connectivity index (χ2v) is 8.70. The van der Waals surface area contributed by atoms with Gasteiger partial charge in [0.15, 0.2) is 0 Å². The van der Waals surface area contributed by atoms with Crippen LogP contribution in [0.5, 0.6) is 0 Å². The molecule has 0 aliphatic carbocycles. The largest absolute Gasteiger partial charge is 0.481 e. The summed E-state index contributed by atoms with van der Waals surface area (Å²) in [5.74, 6) is -1.50. The summed E-state index contributed by atoms with van der Waals surface area (Å²) in [6.45, 7) is 10.8. The Hall–Kier alpha value is -1.28. The lowest BCUT2D eigenvalue weighted by Crippen LogP contribution is -2.56. The van der Waals surface area contributed by atoms with Crippen LogP contribution in [0.3, 0.4) is 0 Å². The number of aliphatic carboxylic acids is 1. The summed E-state index contributed by atoms with van der Waals surface area (Å²) in [4.78, 5) is 36.1. The third kappa shape index (κ3) is 6.86. The van der Waals surface area contributed by atoms with E-state index < -0.39 is 16.1 Å². The number of carbonyl (C=O) groups excluding carboxylic acids is 2. The fourth-order valence-corrected chi connectivity index (χ4v) is 3.86. The number of hydrogen-bond donors (Lipinski definition) is 4. The molecule has 146 valence electrons. The fraction of sp³-hybridized carbons (Fsp3) is 0.824. The molecule has 4 N–H and O–H groups in total. The quantitative estimate of drug-likeness (QED) is 0.431. The highest BCUT2D eigenvalue weighted by molar-refractivity contribution is 8.01. The Balaban J connectivity index is 5.50. The van der Waals surface area contributed by atoms with Gasteiger partial charge in [0.2, 0.25) is 11.8 Å². The van der Waals surface area contributed by atoms with E-state index in [1.807, 2.05) is 20.8 Å². The smallest absolute Gasteiger partial charge is 0.304 e. The lowest BCUT2D eigenvalue weighted by Gasteiger charge is -2.42. The van der Waals surface area contributed by atoms with E-state index in [1.165, 1.54) is 11.8 Å².